The predicted octanol–water partition coefficient (Wildman–Crippen LogP) is 3.86. The Morgan fingerprint density at radius 3 is 2.49 bits per heavy atom. The van der Waals surface area contributed by atoms with Crippen LogP contribution in [-0.4, -0.2) is 66.9 Å². The smallest absolute Gasteiger partial charge is 0.224 e. The van der Waals surface area contributed by atoms with E-state index >= 15 is 0 Å². The molecule has 0 atom stereocenters. The zero-order chi connectivity index (χ0) is 24.4. The molecule has 1 aromatic carbocycles. The lowest BCUT2D eigenvalue weighted by Crippen LogP contribution is -2.47. The number of hydrogen-bond donors (Lipinski definition) is 1. The van der Waals surface area contributed by atoms with Gasteiger partial charge in [0.2, 0.25) is 11.8 Å². The van der Waals surface area contributed by atoms with E-state index in [9.17, 15) is 9.59 Å². The second-order valence-electron chi connectivity index (χ2n) is 10.2. The minimum atomic E-state index is -0.496. The molecule has 188 valence electrons. The first kappa shape index (κ1) is 24.0. The van der Waals surface area contributed by atoms with Gasteiger partial charge < -0.3 is 24.6 Å². The number of aryl methyl sites for hydroxylation is 1. The molecule has 1 spiro atoms. The summed E-state index contributed by atoms with van der Waals surface area (Å²) in [6, 6.07) is 7.98. The topological polar surface area (TPSA) is 84.0 Å². The Bertz CT molecular complexity index is 1080. The van der Waals surface area contributed by atoms with Crippen LogP contribution in [0.2, 0.25) is 0 Å². The normalized spacial score (nSPS) is 20.5. The number of pyridine rings is 1. The number of fused-ring (bicyclic) bond motifs is 1. The number of hydrogen-bond acceptors (Lipinski definition) is 6. The van der Waals surface area contributed by atoms with Crippen molar-refractivity contribution in [1.29, 1.82) is 0 Å². The zero-order valence-corrected chi connectivity index (χ0v) is 20.8. The maximum Gasteiger partial charge on any atom is 0.224 e. The van der Waals surface area contributed by atoms with Gasteiger partial charge in [0.1, 0.15) is 5.82 Å². The summed E-state index contributed by atoms with van der Waals surface area (Å²) in [5.41, 5.74) is 2.81. The van der Waals surface area contributed by atoms with Crippen LogP contribution < -0.4 is 10.2 Å². The Labute approximate surface area is 207 Å². The van der Waals surface area contributed by atoms with E-state index in [1.165, 1.54) is 12.8 Å². The number of carbonyl (C=O) groups is 2. The third-order valence-corrected chi connectivity index (χ3v) is 7.65. The number of carbonyl (C=O) groups excluding carboxylic acids is 2. The Hall–Kier alpha value is -2.71. The van der Waals surface area contributed by atoms with Crippen LogP contribution in [0.3, 0.4) is 0 Å². The van der Waals surface area contributed by atoms with Crippen LogP contribution in [0.25, 0.3) is 10.9 Å². The van der Waals surface area contributed by atoms with E-state index in [0.29, 0.717) is 39.1 Å². The van der Waals surface area contributed by atoms with Crippen molar-refractivity contribution in [3.8, 4) is 0 Å². The number of nitrogens with zero attached hydrogens (tertiary/aromatic N) is 3. The lowest BCUT2D eigenvalue weighted by molar-refractivity contribution is -0.187. The number of benzene rings is 1. The molecule has 0 aliphatic carbocycles. The average molecular weight is 481 g/mol. The van der Waals surface area contributed by atoms with Gasteiger partial charge in [0.25, 0.3) is 0 Å². The number of nitrogens with one attached hydrogen (secondary N) is 1. The number of likely N-dealkylation sites (tertiary alicyclic amines) is 1. The molecule has 4 heterocycles. The summed E-state index contributed by atoms with van der Waals surface area (Å²) in [6.45, 7) is 8.96. The fourth-order valence-electron chi connectivity index (χ4n) is 5.34. The van der Waals surface area contributed by atoms with E-state index in [2.05, 4.69) is 30.1 Å². The van der Waals surface area contributed by atoms with Crippen molar-refractivity contribution >= 4 is 34.2 Å². The van der Waals surface area contributed by atoms with Gasteiger partial charge in [-0.3, -0.25) is 9.59 Å². The summed E-state index contributed by atoms with van der Waals surface area (Å²) < 4.78 is 11.4. The van der Waals surface area contributed by atoms with Crippen LogP contribution in [0.4, 0.5) is 11.5 Å². The highest BCUT2D eigenvalue weighted by molar-refractivity contribution is 5.96. The van der Waals surface area contributed by atoms with Crippen LogP contribution >= 0.6 is 0 Å². The summed E-state index contributed by atoms with van der Waals surface area (Å²) in [4.78, 5) is 34.3. The largest absolute Gasteiger partial charge is 0.357 e. The van der Waals surface area contributed by atoms with E-state index in [1.807, 2.05) is 23.1 Å². The van der Waals surface area contributed by atoms with Gasteiger partial charge >= 0.3 is 0 Å². The first-order chi connectivity index (χ1) is 16.9. The number of amides is 2. The standard InChI is InChI=1S/C27H36N4O4/c1-19-7-11-30(12-8-19)24-17-20(2)22-18-21(3-4-23(22)29-24)28-25(32)5-6-26(33)31-13-9-27(10-14-31)34-15-16-35-27/h3-4,17-19H,5-16H2,1-2H3,(H,28,32). The molecule has 2 amide bonds. The molecule has 5 rings (SSSR count). The average Bonchev–Trinajstić information content (AvgIpc) is 3.31. The molecular weight excluding hydrogens is 444 g/mol. The van der Waals surface area contributed by atoms with Crippen LogP contribution in [-0.2, 0) is 19.1 Å². The van der Waals surface area contributed by atoms with Gasteiger partial charge in [-0.25, -0.2) is 4.98 Å². The molecule has 0 bridgehead atoms. The van der Waals surface area contributed by atoms with Gasteiger partial charge in [-0.1, -0.05) is 6.92 Å². The number of rotatable bonds is 5. The molecular formula is C27H36N4O4. The van der Waals surface area contributed by atoms with Crippen molar-refractivity contribution in [3.63, 3.8) is 0 Å². The highest BCUT2D eigenvalue weighted by atomic mass is 16.7. The molecule has 0 unspecified atom stereocenters. The fraction of sp³-hybridized carbons (Fsp3) is 0.593. The van der Waals surface area contributed by atoms with Crippen molar-refractivity contribution in [2.45, 2.75) is 58.2 Å². The summed E-state index contributed by atoms with van der Waals surface area (Å²) in [6.07, 6.45) is 4.14. The quantitative estimate of drug-likeness (QED) is 0.700. The first-order valence-electron chi connectivity index (χ1n) is 12.9. The second kappa shape index (κ2) is 10.1. The van der Waals surface area contributed by atoms with Gasteiger partial charge in [-0.2, -0.15) is 0 Å². The molecule has 2 aromatic rings. The number of piperidine rings is 2. The third-order valence-electron chi connectivity index (χ3n) is 7.65. The van der Waals surface area contributed by atoms with Crippen LogP contribution in [0.15, 0.2) is 24.3 Å². The predicted molar refractivity (Wildman–Crippen MR) is 135 cm³/mol. The maximum absolute atomic E-state index is 12.6. The molecule has 1 N–H and O–H groups in total. The van der Waals surface area contributed by atoms with Crippen molar-refractivity contribution in [3.05, 3.63) is 29.8 Å². The fourth-order valence-corrected chi connectivity index (χ4v) is 5.34. The monoisotopic (exact) mass is 480 g/mol. The Balaban J connectivity index is 1.15. The second-order valence-corrected chi connectivity index (χ2v) is 10.2. The molecule has 8 nitrogen and oxygen atoms in total. The van der Waals surface area contributed by atoms with E-state index in [0.717, 1.165) is 47.0 Å². The van der Waals surface area contributed by atoms with Crippen molar-refractivity contribution < 1.29 is 19.1 Å². The molecule has 0 saturated carbocycles. The molecule has 35 heavy (non-hydrogen) atoms. The molecule has 0 radical (unpaired) electrons. The molecule has 3 aliphatic rings. The Morgan fingerprint density at radius 2 is 1.77 bits per heavy atom. The van der Waals surface area contributed by atoms with Gasteiger partial charge in [0.15, 0.2) is 5.79 Å². The van der Waals surface area contributed by atoms with Crippen molar-refractivity contribution in [1.82, 2.24) is 9.88 Å². The molecule has 3 fully saturated rings. The zero-order valence-electron chi connectivity index (χ0n) is 20.8. The molecule has 8 heteroatoms. The van der Waals surface area contributed by atoms with Crippen molar-refractivity contribution in [2.24, 2.45) is 5.92 Å². The lowest BCUT2D eigenvalue weighted by Gasteiger charge is -2.37. The van der Waals surface area contributed by atoms with E-state index in [4.69, 9.17) is 14.5 Å². The van der Waals surface area contributed by atoms with Crippen LogP contribution in [0.1, 0.15) is 51.0 Å². The first-order valence-corrected chi connectivity index (χ1v) is 12.9. The highest BCUT2D eigenvalue weighted by Gasteiger charge is 2.40. The maximum atomic E-state index is 12.6. The molecule has 3 aliphatic heterocycles. The highest BCUT2D eigenvalue weighted by Crippen LogP contribution is 2.32. The van der Waals surface area contributed by atoms with Gasteiger partial charge in [0.05, 0.1) is 18.7 Å². The van der Waals surface area contributed by atoms with Gasteiger partial charge in [-0.15, -0.1) is 0 Å². The van der Waals surface area contributed by atoms with E-state index in [1.54, 1.807) is 0 Å². The van der Waals surface area contributed by atoms with Crippen molar-refractivity contribution in [2.75, 3.05) is 49.6 Å². The Kier molecular flexibility index (Phi) is 6.93. The summed E-state index contributed by atoms with van der Waals surface area (Å²) >= 11 is 0. The van der Waals surface area contributed by atoms with E-state index < -0.39 is 5.79 Å². The summed E-state index contributed by atoms with van der Waals surface area (Å²) in [5, 5.41) is 3.99. The van der Waals surface area contributed by atoms with Crippen LogP contribution in [0, 0.1) is 12.8 Å². The number of anilines is 2. The molecule has 3 saturated heterocycles. The number of aromatic nitrogens is 1. The summed E-state index contributed by atoms with van der Waals surface area (Å²) in [7, 11) is 0. The Morgan fingerprint density at radius 1 is 1.06 bits per heavy atom. The van der Waals surface area contributed by atoms with Gasteiger partial charge in [0, 0.05) is 62.9 Å². The third kappa shape index (κ3) is 5.43. The van der Waals surface area contributed by atoms with Gasteiger partial charge in [-0.05, 0) is 55.5 Å². The minimum absolute atomic E-state index is 0.00573. The SMILES string of the molecule is Cc1cc(N2CCC(C)CC2)nc2ccc(NC(=O)CCC(=O)N3CCC4(CC3)OCCO4)cc12. The minimum Gasteiger partial charge on any atom is -0.357 e. The lowest BCUT2D eigenvalue weighted by atomic mass is 9.99. The summed E-state index contributed by atoms with van der Waals surface area (Å²) in [5.74, 6) is 1.17. The molecule has 1 aromatic heterocycles. The number of ether oxygens (including phenoxy) is 2. The van der Waals surface area contributed by atoms with E-state index in [-0.39, 0.29) is 24.7 Å². The van der Waals surface area contributed by atoms with Crippen LogP contribution in [0.5, 0.6) is 0 Å².